The van der Waals surface area contributed by atoms with E-state index >= 15 is 0 Å². The van der Waals surface area contributed by atoms with Gasteiger partial charge in [-0.25, -0.2) is 4.39 Å². The van der Waals surface area contributed by atoms with Crippen molar-refractivity contribution < 1.29 is 18.7 Å². The second-order valence-corrected chi connectivity index (χ2v) is 7.32. The van der Waals surface area contributed by atoms with Crippen molar-refractivity contribution in [3.8, 4) is 0 Å². The van der Waals surface area contributed by atoms with E-state index in [0.717, 1.165) is 24.9 Å². The molecule has 1 fully saturated rings. The fraction of sp³-hybridized carbons (Fsp3) is 0.556. The van der Waals surface area contributed by atoms with Gasteiger partial charge in [0, 0.05) is 6.04 Å². The van der Waals surface area contributed by atoms with Gasteiger partial charge in [-0.15, -0.1) is 0 Å². The second kappa shape index (κ2) is 9.28. The molecule has 0 bridgehead atoms. The number of rotatable bonds is 4. The third kappa shape index (κ3) is 6.32. The molecule has 6 heteroatoms. The van der Waals surface area contributed by atoms with Gasteiger partial charge in [0.1, 0.15) is 11.4 Å². The molecule has 0 radical (unpaired) electrons. The maximum absolute atomic E-state index is 13.8. The molecule has 1 heterocycles. The minimum absolute atomic E-state index is 0.159. The van der Waals surface area contributed by atoms with Crippen LogP contribution >= 0.6 is 15.9 Å². The quantitative estimate of drug-likeness (QED) is 0.432. The van der Waals surface area contributed by atoms with Gasteiger partial charge in [-0.1, -0.05) is 22.0 Å². The fourth-order valence-corrected chi connectivity index (χ4v) is 2.81. The Morgan fingerprint density at radius 3 is 2.50 bits per heavy atom. The van der Waals surface area contributed by atoms with E-state index in [1.54, 1.807) is 6.07 Å². The van der Waals surface area contributed by atoms with E-state index < -0.39 is 5.82 Å². The Morgan fingerprint density at radius 2 is 2.12 bits per heavy atom. The lowest BCUT2D eigenvalue weighted by Gasteiger charge is -2.20. The standard InChI is InChI=1S/C13H15BrFNO.C5H10O2/c1-16-6-2-3-12(16)9-4-5-10(11(15)7-9)13(17)8-14;1-5(2,3)7-4-6/h4-5,7,12H,2-3,6,8H2,1H3;4H,1-3H3. The highest BCUT2D eigenvalue weighted by molar-refractivity contribution is 9.09. The first-order valence-electron chi connectivity index (χ1n) is 7.90. The Balaban J connectivity index is 0.000000351. The number of carbonyl (C=O) groups excluding carboxylic acids is 2. The number of Topliss-reactive ketones (excluding diaryl/α,β-unsaturated/α-hetero) is 1. The maximum Gasteiger partial charge on any atom is 0.293 e. The van der Waals surface area contributed by atoms with Crippen LogP contribution in [0, 0.1) is 5.82 Å². The zero-order valence-electron chi connectivity index (χ0n) is 14.6. The molecule has 0 saturated carbocycles. The second-order valence-electron chi connectivity index (χ2n) is 6.76. The zero-order chi connectivity index (χ0) is 18.3. The molecule has 0 aromatic heterocycles. The lowest BCUT2D eigenvalue weighted by Crippen LogP contribution is -2.18. The number of halogens is 2. The van der Waals surface area contributed by atoms with E-state index in [0.29, 0.717) is 6.47 Å². The number of likely N-dealkylation sites (tertiary alicyclic amines) is 1. The summed E-state index contributed by atoms with van der Waals surface area (Å²) in [4.78, 5) is 23.3. The lowest BCUT2D eigenvalue weighted by molar-refractivity contribution is -0.138. The molecular formula is C18H25BrFNO3. The van der Waals surface area contributed by atoms with Crippen molar-refractivity contribution in [2.75, 3.05) is 18.9 Å². The summed E-state index contributed by atoms with van der Waals surface area (Å²) >= 11 is 3.06. The number of hydrogen-bond donors (Lipinski definition) is 0. The predicted molar refractivity (Wildman–Crippen MR) is 96.0 cm³/mol. The summed E-state index contributed by atoms with van der Waals surface area (Å²) < 4.78 is 18.4. The summed E-state index contributed by atoms with van der Waals surface area (Å²) in [6.45, 7) is 6.97. The van der Waals surface area contributed by atoms with Gasteiger partial charge >= 0.3 is 0 Å². The van der Waals surface area contributed by atoms with Gasteiger partial charge in [0.25, 0.3) is 6.47 Å². The Labute approximate surface area is 151 Å². The number of ether oxygens (including phenoxy) is 1. The van der Waals surface area contributed by atoms with E-state index in [1.807, 2.05) is 33.9 Å². The first-order chi connectivity index (χ1) is 11.2. The van der Waals surface area contributed by atoms with Gasteiger partial charge in [-0.3, -0.25) is 14.5 Å². The van der Waals surface area contributed by atoms with Crippen LogP contribution < -0.4 is 0 Å². The first kappa shape index (κ1) is 20.8. The van der Waals surface area contributed by atoms with E-state index in [1.165, 1.54) is 6.07 Å². The van der Waals surface area contributed by atoms with Crippen LogP contribution in [0.1, 0.15) is 55.6 Å². The Kier molecular flexibility index (Phi) is 8.03. The van der Waals surface area contributed by atoms with Crippen LogP contribution in [0.3, 0.4) is 0 Å². The summed E-state index contributed by atoms with van der Waals surface area (Å²) in [6, 6.07) is 5.26. The number of alkyl halides is 1. The molecule has 0 aliphatic carbocycles. The summed E-state index contributed by atoms with van der Waals surface area (Å²) in [5.41, 5.74) is 0.821. The molecule has 1 aromatic carbocycles. The number of carbonyl (C=O) groups is 2. The topological polar surface area (TPSA) is 46.6 Å². The van der Waals surface area contributed by atoms with E-state index in [-0.39, 0.29) is 28.3 Å². The molecule has 1 aliphatic rings. The highest BCUT2D eigenvalue weighted by atomic mass is 79.9. The molecule has 0 spiro atoms. The Bertz CT molecular complexity index is 572. The fourth-order valence-electron chi connectivity index (χ4n) is 2.51. The molecule has 1 aromatic rings. The smallest absolute Gasteiger partial charge is 0.293 e. The number of hydrogen-bond acceptors (Lipinski definition) is 4. The highest BCUT2D eigenvalue weighted by Crippen LogP contribution is 2.31. The molecule has 1 saturated heterocycles. The normalized spacial score (nSPS) is 17.8. The van der Waals surface area contributed by atoms with Crippen molar-refractivity contribution in [1.82, 2.24) is 4.90 Å². The molecule has 4 nitrogen and oxygen atoms in total. The molecule has 1 atom stereocenters. The minimum Gasteiger partial charge on any atom is -0.462 e. The van der Waals surface area contributed by atoms with Crippen molar-refractivity contribution in [2.24, 2.45) is 0 Å². The minimum atomic E-state index is -0.410. The molecule has 1 aliphatic heterocycles. The van der Waals surface area contributed by atoms with Crippen molar-refractivity contribution >= 4 is 28.2 Å². The molecular weight excluding hydrogens is 377 g/mol. The first-order valence-corrected chi connectivity index (χ1v) is 9.02. The third-order valence-corrected chi connectivity index (χ3v) is 4.23. The third-order valence-electron chi connectivity index (χ3n) is 3.72. The maximum atomic E-state index is 13.8. The number of ketones is 1. The van der Waals surface area contributed by atoms with Crippen LogP contribution in [0.15, 0.2) is 18.2 Å². The monoisotopic (exact) mass is 401 g/mol. The zero-order valence-corrected chi connectivity index (χ0v) is 16.2. The average molecular weight is 402 g/mol. The van der Waals surface area contributed by atoms with E-state index in [9.17, 15) is 14.0 Å². The molecule has 24 heavy (non-hydrogen) atoms. The van der Waals surface area contributed by atoms with Crippen molar-refractivity contribution in [2.45, 2.75) is 45.3 Å². The van der Waals surface area contributed by atoms with Gasteiger partial charge in [0.15, 0.2) is 5.78 Å². The molecule has 0 amide bonds. The largest absolute Gasteiger partial charge is 0.462 e. The lowest BCUT2D eigenvalue weighted by atomic mass is 10.0. The molecule has 2 rings (SSSR count). The predicted octanol–water partition coefficient (Wildman–Crippen LogP) is 4.13. The molecule has 1 unspecified atom stereocenters. The van der Waals surface area contributed by atoms with Crippen molar-refractivity contribution in [3.63, 3.8) is 0 Å². The number of benzene rings is 1. The van der Waals surface area contributed by atoms with Crippen LogP contribution in [-0.4, -0.2) is 41.7 Å². The van der Waals surface area contributed by atoms with Crippen LogP contribution in [0.25, 0.3) is 0 Å². The van der Waals surface area contributed by atoms with E-state index in [4.69, 9.17) is 0 Å². The summed E-state index contributed by atoms with van der Waals surface area (Å²) in [7, 11) is 2.05. The number of nitrogens with zero attached hydrogens (tertiary/aromatic N) is 1. The van der Waals surface area contributed by atoms with Gasteiger partial charge in [0.05, 0.1) is 10.9 Å². The van der Waals surface area contributed by atoms with Gasteiger partial charge in [0.2, 0.25) is 0 Å². The van der Waals surface area contributed by atoms with Gasteiger partial charge in [-0.2, -0.15) is 0 Å². The highest BCUT2D eigenvalue weighted by Gasteiger charge is 2.23. The van der Waals surface area contributed by atoms with Gasteiger partial charge in [-0.05, 0) is 64.9 Å². The summed E-state index contributed by atoms with van der Waals surface area (Å²) in [6.07, 6.45) is 2.20. The SMILES string of the molecule is CC(C)(C)OC=O.CN1CCCC1c1ccc(C(=O)CBr)c(F)c1. The average Bonchev–Trinajstić information content (AvgIpc) is 2.92. The molecule has 0 N–H and O–H groups in total. The van der Waals surface area contributed by atoms with E-state index in [2.05, 4.69) is 25.6 Å². The van der Waals surface area contributed by atoms with Crippen molar-refractivity contribution in [3.05, 3.63) is 35.1 Å². The Hall–Kier alpha value is -1.27. The van der Waals surface area contributed by atoms with Crippen LogP contribution in [0.2, 0.25) is 0 Å². The van der Waals surface area contributed by atoms with Crippen LogP contribution in [0.4, 0.5) is 4.39 Å². The molecule has 134 valence electrons. The summed E-state index contributed by atoms with van der Waals surface area (Å²) in [5, 5.41) is 0.159. The Morgan fingerprint density at radius 1 is 1.46 bits per heavy atom. The van der Waals surface area contributed by atoms with Crippen LogP contribution in [0.5, 0.6) is 0 Å². The van der Waals surface area contributed by atoms with Crippen LogP contribution in [-0.2, 0) is 9.53 Å². The van der Waals surface area contributed by atoms with Crippen molar-refractivity contribution in [1.29, 1.82) is 0 Å². The van der Waals surface area contributed by atoms with Gasteiger partial charge < -0.3 is 4.74 Å². The summed E-state index contributed by atoms with van der Waals surface area (Å²) in [5.74, 6) is -0.624.